The van der Waals surface area contributed by atoms with Crippen molar-refractivity contribution in [3.8, 4) is 0 Å². The molecule has 0 saturated carbocycles. The highest BCUT2D eigenvalue weighted by Gasteiger charge is 2.23. The molecule has 6 heteroatoms. The highest BCUT2D eigenvalue weighted by molar-refractivity contribution is 7.09. The summed E-state index contributed by atoms with van der Waals surface area (Å²) in [5.74, 6) is -0.982. The summed E-state index contributed by atoms with van der Waals surface area (Å²) in [7, 11) is 0. The zero-order valence-corrected chi connectivity index (χ0v) is 11.1. The lowest BCUT2D eigenvalue weighted by Crippen LogP contribution is -2.20. The maximum Gasteiger partial charge on any atom is 0.333 e. The van der Waals surface area contributed by atoms with Gasteiger partial charge in [-0.2, -0.15) is 0 Å². The number of carbonyl (C=O) groups is 1. The van der Waals surface area contributed by atoms with Crippen LogP contribution in [0.2, 0.25) is 5.02 Å². The van der Waals surface area contributed by atoms with E-state index in [-0.39, 0.29) is 0 Å². The van der Waals surface area contributed by atoms with Crippen LogP contribution in [0.1, 0.15) is 16.7 Å². The number of carboxylic acid groups (broad SMARTS) is 1. The second kappa shape index (κ2) is 5.37. The van der Waals surface area contributed by atoms with Gasteiger partial charge in [-0.25, -0.2) is 9.78 Å². The fraction of sp³-hybridized carbons (Fsp3) is 0.167. The molecule has 0 saturated heterocycles. The summed E-state index contributed by atoms with van der Waals surface area (Å²) in [6.45, 7) is 1.83. The summed E-state index contributed by atoms with van der Waals surface area (Å²) in [6.07, 6.45) is 0. The first-order valence-corrected chi connectivity index (χ1v) is 6.49. The largest absolute Gasteiger partial charge is 0.479 e. The number of carboxylic acids is 1. The van der Waals surface area contributed by atoms with Crippen LogP contribution in [0.25, 0.3) is 0 Å². The Labute approximate surface area is 113 Å². The Morgan fingerprint density at radius 2 is 2.22 bits per heavy atom. The highest BCUT2D eigenvalue weighted by atomic mass is 35.5. The first-order valence-electron chi connectivity index (χ1n) is 5.24. The normalized spacial score (nSPS) is 12.1. The Balaban J connectivity index is 2.28. The van der Waals surface area contributed by atoms with E-state index in [4.69, 9.17) is 11.6 Å². The van der Waals surface area contributed by atoms with Crippen molar-refractivity contribution in [3.05, 3.63) is 45.4 Å². The molecule has 0 amide bonds. The Bertz CT molecular complexity index is 571. The van der Waals surface area contributed by atoms with Gasteiger partial charge in [0.2, 0.25) is 0 Å². The van der Waals surface area contributed by atoms with Gasteiger partial charge in [0.15, 0.2) is 6.04 Å². The van der Waals surface area contributed by atoms with Crippen LogP contribution in [-0.4, -0.2) is 16.1 Å². The van der Waals surface area contributed by atoms with Crippen molar-refractivity contribution in [1.82, 2.24) is 4.98 Å². The van der Waals surface area contributed by atoms with Crippen molar-refractivity contribution in [2.45, 2.75) is 13.0 Å². The Morgan fingerprint density at radius 1 is 1.50 bits per heavy atom. The summed E-state index contributed by atoms with van der Waals surface area (Å²) in [5, 5.41) is 15.0. The molecule has 1 aromatic heterocycles. The summed E-state index contributed by atoms with van der Waals surface area (Å²) >= 11 is 7.31. The predicted molar refractivity (Wildman–Crippen MR) is 72.3 cm³/mol. The lowest BCUT2D eigenvalue weighted by Gasteiger charge is -2.14. The van der Waals surface area contributed by atoms with Crippen LogP contribution >= 0.6 is 22.9 Å². The first kappa shape index (κ1) is 12.9. The van der Waals surface area contributed by atoms with Crippen molar-refractivity contribution in [3.63, 3.8) is 0 Å². The number of thiazole rings is 1. The SMILES string of the molecule is Cc1csc(C(Nc2ccccc2Cl)C(=O)O)n1. The van der Waals surface area contributed by atoms with Gasteiger partial charge in [0.25, 0.3) is 0 Å². The third kappa shape index (κ3) is 2.80. The second-order valence-electron chi connectivity index (χ2n) is 3.72. The van der Waals surface area contributed by atoms with Crippen molar-refractivity contribution >= 4 is 34.6 Å². The fourth-order valence-electron chi connectivity index (χ4n) is 1.47. The number of nitrogens with zero attached hydrogens (tertiary/aromatic N) is 1. The Morgan fingerprint density at radius 3 is 2.78 bits per heavy atom. The van der Waals surface area contributed by atoms with E-state index in [9.17, 15) is 9.90 Å². The highest BCUT2D eigenvalue weighted by Crippen LogP contribution is 2.27. The minimum Gasteiger partial charge on any atom is -0.479 e. The van der Waals surface area contributed by atoms with Gasteiger partial charge in [-0.1, -0.05) is 23.7 Å². The van der Waals surface area contributed by atoms with Gasteiger partial charge in [-0.15, -0.1) is 11.3 Å². The fourth-order valence-corrected chi connectivity index (χ4v) is 2.49. The van der Waals surface area contributed by atoms with Crippen LogP contribution in [0.5, 0.6) is 0 Å². The summed E-state index contributed by atoms with van der Waals surface area (Å²) < 4.78 is 0. The number of aliphatic carboxylic acids is 1. The van der Waals surface area contributed by atoms with E-state index in [0.717, 1.165) is 5.69 Å². The molecule has 0 aliphatic carbocycles. The van der Waals surface area contributed by atoms with E-state index in [1.165, 1.54) is 11.3 Å². The van der Waals surface area contributed by atoms with E-state index < -0.39 is 12.0 Å². The molecule has 1 unspecified atom stereocenters. The molecule has 94 valence electrons. The zero-order valence-electron chi connectivity index (χ0n) is 9.55. The van der Waals surface area contributed by atoms with E-state index in [0.29, 0.717) is 15.7 Å². The number of hydrogen-bond acceptors (Lipinski definition) is 4. The Hall–Kier alpha value is -1.59. The molecule has 0 bridgehead atoms. The number of nitrogens with one attached hydrogen (secondary N) is 1. The summed E-state index contributed by atoms with van der Waals surface area (Å²) in [4.78, 5) is 15.5. The average molecular weight is 283 g/mol. The van der Waals surface area contributed by atoms with Gasteiger partial charge in [-0.05, 0) is 19.1 Å². The number of aryl methyl sites for hydroxylation is 1. The van der Waals surface area contributed by atoms with Gasteiger partial charge >= 0.3 is 5.97 Å². The van der Waals surface area contributed by atoms with Crippen LogP contribution in [-0.2, 0) is 4.79 Å². The monoisotopic (exact) mass is 282 g/mol. The van der Waals surface area contributed by atoms with Crippen LogP contribution in [0.3, 0.4) is 0 Å². The smallest absolute Gasteiger partial charge is 0.333 e. The molecule has 1 atom stereocenters. The van der Waals surface area contributed by atoms with Gasteiger partial charge in [0.05, 0.1) is 10.7 Å². The van der Waals surface area contributed by atoms with Gasteiger partial charge in [0.1, 0.15) is 5.01 Å². The standard InChI is InChI=1S/C12H11ClN2O2S/c1-7-6-18-11(14-7)10(12(16)17)15-9-5-3-2-4-8(9)13/h2-6,10,15H,1H3,(H,16,17). The molecule has 0 aliphatic rings. The van der Waals surface area contributed by atoms with Crippen molar-refractivity contribution < 1.29 is 9.90 Å². The lowest BCUT2D eigenvalue weighted by atomic mass is 10.2. The minimum atomic E-state index is -0.982. The molecular formula is C12H11ClN2O2S. The third-order valence-electron chi connectivity index (χ3n) is 2.30. The summed E-state index contributed by atoms with van der Waals surface area (Å²) in [5.41, 5.74) is 1.39. The third-order valence-corrected chi connectivity index (χ3v) is 3.66. The molecule has 0 fully saturated rings. The number of halogens is 1. The molecular weight excluding hydrogens is 272 g/mol. The number of hydrogen-bond donors (Lipinski definition) is 2. The number of benzene rings is 1. The van der Waals surface area contributed by atoms with Crippen molar-refractivity contribution in [1.29, 1.82) is 0 Å². The van der Waals surface area contributed by atoms with E-state index in [2.05, 4.69) is 10.3 Å². The molecule has 0 spiro atoms. The molecule has 2 aromatic rings. The van der Waals surface area contributed by atoms with Gasteiger partial charge < -0.3 is 10.4 Å². The van der Waals surface area contributed by atoms with Crippen LogP contribution in [0, 0.1) is 6.92 Å². The lowest BCUT2D eigenvalue weighted by molar-refractivity contribution is -0.138. The first-order chi connectivity index (χ1) is 8.58. The van der Waals surface area contributed by atoms with Gasteiger partial charge in [0, 0.05) is 11.1 Å². The average Bonchev–Trinajstić information content (AvgIpc) is 2.74. The maximum absolute atomic E-state index is 11.3. The number of para-hydroxylation sites is 1. The zero-order chi connectivity index (χ0) is 13.1. The number of rotatable bonds is 4. The van der Waals surface area contributed by atoms with Gasteiger partial charge in [-0.3, -0.25) is 0 Å². The molecule has 18 heavy (non-hydrogen) atoms. The molecule has 4 nitrogen and oxygen atoms in total. The molecule has 1 heterocycles. The molecule has 2 N–H and O–H groups in total. The second-order valence-corrected chi connectivity index (χ2v) is 5.02. The number of anilines is 1. The van der Waals surface area contributed by atoms with Crippen LogP contribution < -0.4 is 5.32 Å². The molecule has 2 rings (SSSR count). The molecule has 0 aliphatic heterocycles. The van der Waals surface area contributed by atoms with E-state index in [1.54, 1.807) is 24.3 Å². The van der Waals surface area contributed by atoms with Crippen molar-refractivity contribution in [2.75, 3.05) is 5.32 Å². The Kier molecular flexibility index (Phi) is 3.84. The topological polar surface area (TPSA) is 62.2 Å². The van der Waals surface area contributed by atoms with Crippen LogP contribution in [0.4, 0.5) is 5.69 Å². The van der Waals surface area contributed by atoms with E-state index in [1.807, 2.05) is 12.3 Å². The van der Waals surface area contributed by atoms with Crippen molar-refractivity contribution in [2.24, 2.45) is 0 Å². The molecule has 1 aromatic carbocycles. The maximum atomic E-state index is 11.3. The minimum absolute atomic E-state index is 0.483. The van der Waals surface area contributed by atoms with Crippen LogP contribution in [0.15, 0.2) is 29.6 Å². The summed E-state index contributed by atoms with van der Waals surface area (Å²) in [6, 6.07) is 6.13. The predicted octanol–water partition coefficient (Wildman–Crippen LogP) is 3.34. The quantitative estimate of drug-likeness (QED) is 0.903. The number of aromatic nitrogens is 1. The molecule has 0 radical (unpaired) electrons. The van der Waals surface area contributed by atoms with E-state index >= 15 is 0 Å².